The number of hydrogen-bond donors (Lipinski definition) is 1. The highest BCUT2D eigenvalue weighted by atomic mass is 16.5. The number of nitrogens with zero attached hydrogens (tertiary/aromatic N) is 1. The van der Waals surface area contributed by atoms with Crippen LogP contribution >= 0.6 is 0 Å². The first-order chi connectivity index (χ1) is 9.66. The van der Waals surface area contributed by atoms with Gasteiger partial charge < -0.3 is 10.1 Å². The van der Waals surface area contributed by atoms with Crippen LogP contribution in [-0.4, -0.2) is 11.1 Å². The monoisotopic (exact) mass is 270 g/mol. The minimum atomic E-state index is 0.189. The number of hydrogen-bond acceptors (Lipinski definition) is 3. The Morgan fingerprint density at radius 1 is 1.05 bits per heavy atom. The second-order valence-corrected chi connectivity index (χ2v) is 5.16. The third kappa shape index (κ3) is 4.07. The van der Waals surface area contributed by atoms with Gasteiger partial charge in [-0.25, -0.2) is 0 Å². The number of rotatable bonds is 6. The van der Waals surface area contributed by atoms with E-state index >= 15 is 0 Å². The van der Waals surface area contributed by atoms with Crippen molar-refractivity contribution in [1.29, 1.82) is 0 Å². The van der Waals surface area contributed by atoms with Gasteiger partial charge in [-0.2, -0.15) is 0 Å². The minimum absolute atomic E-state index is 0.189. The topological polar surface area (TPSA) is 34.1 Å². The Labute approximate surface area is 121 Å². The smallest absolute Gasteiger partial charge is 0.124 e. The summed E-state index contributed by atoms with van der Waals surface area (Å²) in [6, 6.07) is 12.5. The van der Waals surface area contributed by atoms with E-state index in [0.717, 1.165) is 12.3 Å². The Balaban J connectivity index is 2.00. The van der Waals surface area contributed by atoms with Crippen molar-refractivity contribution in [2.24, 2.45) is 0 Å². The molecule has 0 fully saturated rings. The molecule has 1 unspecified atom stereocenters. The lowest BCUT2D eigenvalue weighted by atomic mass is 10.1. The molecule has 0 radical (unpaired) electrons. The standard InChI is InChI=1S/C17H22N2O/c1-13(2)20-17-7-5-4-6-16(17)12-19-14(3)15-8-10-18-11-9-15/h4-11,13-14,19H,12H2,1-3H3. The SMILES string of the molecule is CC(C)Oc1ccccc1CNC(C)c1ccncc1. The van der Waals surface area contributed by atoms with Gasteiger partial charge >= 0.3 is 0 Å². The molecule has 1 N–H and O–H groups in total. The normalized spacial score (nSPS) is 12.4. The number of nitrogens with one attached hydrogen (secondary N) is 1. The molecule has 0 saturated carbocycles. The maximum atomic E-state index is 5.83. The second-order valence-electron chi connectivity index (χ2n) is 5.16. The van der Waals surface area contributed by atoms with Gasteiger partial charge in [0.25, 0.3) is 0 Å². The molecule has 1 heterocycles. The summed E-state index contributed by atoms with van der Waals surface area (Å²) >= 11 is 0. The van der Waals surface area contributed by atoms with Crippen molar-refractivity contribution in [3.63, 3.8) is 0 Å². The van der Waals surface area contributed by atoms with E-state index in [2.05, 4.69) is 23.3 Å². The molecular formula is C17H22N2O. The number of pyridine rings is 1. The summed E-state index contributed by atoms with van der Waals surface area (Å²) in [5, 5.41) is 3.52. The van der Waals surface area contributed by atoms with Gasteiger partial charge in [0.15, 0.2) is 0 Å². The number of para-hydroxylation sites is 1. The van der Waals surface area contributed by atoms with Crippen molar-refractivity contribution in [2.45, 2.75) is 39.5 Å². The van der Waals surface area contributed by atoms with Crippen LogP contribution in [-0.2, 0) is 6.54 Å². The summed E-state index contributed by atoms with van der Waals surface area (Å²) in [7, 11) is 0. The molecule has 2 rings (SSSR count). The van der Waals surface area contributed by atoms with Gasteiger partial charge in [0.1, 0.15) is 5.75 Å². The number of benzene rings is 1. The van der Waals surface area contributed by atoms with Crippen LogP contribution in [0.25, 0.3) is 0 Å². The van der Waals surface area contributed by atoms with Gasteiger partial charge in [-0.05, 0) is 44.5 Å². The van der Waals surface area contributed by atoms with Crippen LogP contribution in [0.15, 0.2) is 48.8 Å². The van der Waals surface area contributed by atoms with Crippen LogP contribution in [0.5, 0.6) is 5.75 Å². The van der Waals surface area contributed by atoms with Crippen LogP contribution in [0.3, 0.4) is 0 Å². The van der Waals surface area contributed by atoms with Crippen molar-refractivity contribution in [2.75, 3.05) is 0 Å². The fraction of sp³-hybridized carbons (Fsp3) is 0.353. The molecule has 1 aromatic heterocycles. The zero-order chi connectivity index (χ0) is 14.4. The van der Waals surface area contributed by atoms with Crippen LogP contribution in [0.2, 0.25) is 0 Å². The first-order valence-electron chi connectivity index (χ1n) is 7.04. The first kappa shape index (κ1) is 14.5. The highest BCUT2D eigenvalue weighted by Crippen LogP contribution is 2.20. The average Bonchev–Trinajstić information content (AvgIpc) is 2.46. The summed E-state index contributed by atoms with van der Waals surface area (Å²) in [5.41, 5.74) is 2.42. The van der Waals surface area contributed by atoms with Crippen molar-refractivity contribution in [3.05, 3.63) is 59.9 Å². The highest BCUT2D eigenvalue weighted by molar-refractivity contribution is 5.33. The molecule has 0 saturated heterocycles. The Bertz CT molecular complexity index is 526. The zero-order valence-electron chi connectivity index (χ0n) is 12.3. The van der Waals surface area contributed by atoms with Gasteiger partial charge in [0, 0.05) is 30.5 Å². The van der Waals surface area contributed by atoms with Crippen molar-refractivity contribution >= 4 is 0 Å². The van der Waals surface area contributed by atoms with E-state index in [9.17, 15) is 0 Å². The molecule has 3 heteroatoms. The van der Waals surface area contributed by atoms with Gasteiger partial charge in [-0.1, -0.05) is 18.2 Å². The molecule has 1 atom stereocenters. The Morgan fingerprint density at radius 2 is 1.75 bits per heavy atom. The predicted octanol–water partition coefficient (Wildman–Crippen LogP) is 3.72. The summed E-state index contributed by atoms with van der Waals surface area (Å²) in [5.74, 6) is 0.955. The van der Waals surface area contributed by atoms with E-state index in [0.29, 0.717) is 0 Å². The van der Waals surface area contributed by atoms with Crippen molar-refractivity contribution < 1.29 is 4.74 Å². The minimum Gasteiger partial charge on any atom is -0.491 e. The zero-order valence-corrected chi connectivity index (χ0v) is 12.3. The third-order valence-electron chi connectivity index (χ3n) is 3.14. The van der Waals surface area contributed by atoms with E-state index in [1.807, 2.05) is 56.6 Å². The Kier molecular flexibility index (Phi) is 5.13. The second kappa shape index (κ2) is 7.06. The number of aromatic nitrogens is 1. The molecule has 3 nitrogen and oxygen atoms in total. The molecule has 0 bridgehead atoms. The highest BCUT2D eigenvalue weighted by Gasteiger charge is 2.08. The van der Waals surface area contributed by atoms with E-state index in [1.54, 1.807) is 0 Å². The van der Waals surface area contributed by atoms with Gasteiger partial charge in [0.05, 0.1) is 6.10 Å². The molecule has 0 aliphatic heterocycles. The summed E-state index contributed by atoms with van der Waals surface area (Å²) in [6.45, 7) is 7.03. The summed E-state index contributed by atoms with van der Waals surface area (Å²) < 4.78 is 5.83. The molecule has 0 spiro atoms. The Morgan fingerprint density at radius 3 is 2.45 bits per heavy atom. The maximum absolute atomic E-state index is 5.83. The van der Waals surface area contributed by atoms with Crippen molar-refractivity contribution in [3.8, 4) is 5.75 Å². The fourth-order valence-electron chi connectivity index (χ4n) is 2.05. The molecule has 20 heavy (non-hydrogen) atoms. The van der Waals surface area contributed by atoms with Crippen LogP contribution in [0.1, 0.15) is 37.9 Å². The van der Waals surface area contributed by atoms with Crippen molar-refractivity contribution in [1.82, 2.24) is 10.3 Å². The van der Waals surface area contributed by atoms with Crippen LogP contribution in [0.4, 0.5) is 0 Å². The lowest BCUT2D eigenvalue weighted by Gasteiger charge is -2.17. The lowest BCUT2D eigenvalue weighted by Crippen LogP contribution is -2.19. The lowest BCUT2D eigenvalue weighted by molar-refractivity contribution is 0.239. The molecule has 1 aromatic carbocycles. The molecular weight excluding hydrogens is 248 g/mol. The fourth-order valence-corrected chi connectivity index (χ4v) is 2.05. The molecule has 106 valence electrons. The predicted molar refractivity (Wildman–Crippen MR) is 81.7 cm³/mol. The van der Waals surface area contributed by atoms with E-state index in [-0.39, 0.29) is 12.1 Å². The third-order valence-corrected chi connectivity index (χ3v) is 3.14. The van der Waals surface area contributed by atoms with E-state index in [1.165, 1.54) is 11.1 Å². The molecule has 0 aliphatic carbocycles. The van der Waals surface area contributed by atoms with Crippen LogP contribution < -0.4 is 10.1 Å². The maximum Gasteiger partial charge on any atom is 0.124 e. The Hall–Kier alpha value is -1.87. The van der Waals surface area contributed by atoms with Crippen LogP contribution in [0, 0.1) is 0 Å². The van der Waals surface area contributed by atoms with E-state index < -0.39 is 0 Å². The summed E-state index contributed by atoms with van der Waals surface area (Å²) in [6.07, 6.45) is 3.83. The summed E-state index contributed by atoms with van der Waals surface area (Å²) in [4.78, 5) is 4.05. The first-order valence-corrected chi connectivity index (χ1v) is 7.04. The molecule has 0 aliphatic rings. The van der Waals surface area contributed by atoms with Gasteiger partial charge in [-0.15, -0.1) is 0 Å². The average molecular weight is 270 g/mol. The quantitative estimate of drug-likeness (QED) is 0.868. The van der Waals surface area contributed by atoms with E-state index in [4.69, 9.17) is 4.74 Å². The largest absolute Gasteiger partial charge is 0.491 e. The number of ether oxygens (including phenoxy) is 1. The van der Waals surface area contributed by atoms with Gasteiger partial charge in [0.2, 0.25) is 0 Å². The molecule has 0 amide bonds. The van der Waals surface area contributed by atoms with Gasteiger partial charge in [-0.3, -0.25) is 4.98 Å². The molecule has 2 aromatic rings.